The van der Waals surface area contributed by atoms with Crippen molar-refractivity contribution in [2.24, 2.45) is 0 Å². The van der Waals surface area contributed by atoms with Gasteiger partial charge in [-0.3, -0.25) is 9.59 Å². The highest BCUT2D eigenvalue weighted by Crippen LogP contribution is 2.26. The van der Waals surface area contributed by atoms with Crippen molar-refractivity contribution in [3.8, 4) is 23.0 Å². The van der Waals surface area contributed by atoms with Crippen LogP contribution in [0, 0.1) is 0 Å². The van der Waals surface area contributed by atoms with Gasteiger partial charge in [0.05, 0.1) is 12.7 Å². The van der Waals surface area contributed by atoms with E-state index in [9.17, 15) is 14.7 Å². The van der Waals surface area contributed by atoms with Gasteiger partial charge in [-0.05, 0) is 60.7 Å². The molecular weight excluding hydrogens is 384 g/mol. The summed E-state index contributed by atoms with van der Waals surface area (Å²) >= 11 is 0. The van der Waals surface area contributed by atoms with Crippen molar-refractivity contribution in [3.63, 3.8) is 0 Å². The number of nitrogens with one attached hydrogen (secondary N) is 2. The average Bonchev–Trinajstić information content (AvgIpc) is 2.78. The van der Waals surface area contributed by atoms with Crippen molar-refractivity contribution in [1.82, 2.24) is 10.6 Å². The Kier molecular flexibility index (Phi) is 6.89. The predicted octanol–water partition coefficient (Wildman–Crippen LogP) is 3.35. The van der Waals surface area contributed by atoms with Gasteiger partial charge >= 0.3 is 0 Å². The van der Waals surface area contributed by atoms with E-state index in [1.807, 2.05) is 0 Å². The molecule has 0 unspecified atom stereocenters. The molecule has 0 aliphatic rings. The molecule has 0 aliphatic heterocycles. The SMILES string of the molecule is COc1ccc(Oc2ccccc2C(=O)NCCNC(=O)c2ccc(O)cc2)cc1. The Balaban J connectivity index is 1.53. The summed E-state index contributed by atoms with van der Waals surface area (Å²) in [5.74, 6) is 1.22. The van der Waals surface area contributed by atoms with Gasteiger partial charge in [0.25, 0.3) is 11.8 Å². The second-order valence-corrected chi connectivity index (χ2v) is 6.33. The maximum absolute atomic E-state index is 12.6. The average molecular weight is 406 g/mol. The minimum absolute atomic E-state index is 0.0920. The lowest BCUT2D eigenvalue weighted by atomic mass is 10.2. The summed E-state index contributed by atoms with van der Waals surface area (Å²) in [5.41, 5.74) is 0.815. The van der Waals surface area contributed by atoms with Crippen molar-refractivity contribution in [2.75, 3.05) is 20.2 Å². The zero-order valence-electron chi connectivity index (χ0n) is 16.4. The number of methoxy groups -OCH3 is 1. The minimum atomic E-state index is -0.307. The monoisotopic (exact) mass is 406 g/mol. The first kappa shape index (κ1) is 20.7. The first-order valence-electron chi connectivity index (χ1n) is 9.33. The molecular formula is C23H22N2O5. The molecule has 0 spiro atoms. The van der Waals surface area contributed by atoms with E-state index in [2.05, 4.69) is 10.6 Å². The molecule has 0 bridgehead atoms. The highest BCUT2D eigenvalue weighted by atomic mass is 16.5. The molecule has 0 aromatic heterocycles. The normalized spacial score (nSPS) is 10.2. The van der Waals surface area contributed by atoms with Crippen LogP contribution < -0.4 is 20.1 Å². The number of ether oxygens (including phenoxy) is 2. The summed E-state index contributed by atoms with van der Waals surface area (Å²) in [6.07, 6.45) is 0. The summed E-state index contributed by atoms with van der Waals surface area (Å²) in [6, 6.07) is 19.9. The molecule has 0 radical (unpaired) electrons. The van der Waals surface area contributed by atoms with Crippen LogP contribution in [0.4, 0.5) is 0 Å². The summed E-state index contributed by atoms with van der Waals surface area (Å²) in [7, 11) is 1.59. The molecule has 7 heteroatoms. The van der Waals surface area contributed by atoms with Crippen molar-refractivity contribution in [3.05, 3.63) is 83.9 Å². The third kappa shape index (κ3) is 5.51. The van der Waals surface area contributed by atoms with Gasteiger partial charge in [0.15, 0.2) is 0 Å². The lowest BCUT2D eigenvalue weighted by Crippen LogP contribution is -2.34. The molecule has 0 saturated heterocycles. The Hall–Kier alpha value is -4.00. The van der Waals surface area contributed by atoms with E-state index in [4.69, 9.17) is 9.47 Å². The van der Waals surface area contributed by atoms with Crippen molar-refractivity contribution < 1.29 is 24.2 Å². The van der Waals surface area contributed by atoms with Crippen LogP contribution >= 0.6 is 0 Å². The van der Waals surface area contributed by atoms with Crippen LogP contribution in [0.1, 0.15) is 20.7 Å². The number of phenolic OH excluding ortho intramolecular Hbond substituents is 1. The maximum Gasteiger partial charge on any atom is 0.255 e. The van der Waals surface area contributed by atoms with Gasteiger partial charge in [0.2, 0.25) is 0 Å². The second-order valence-electron chi connectivity index (χ2n) is 6.33. The third-order valence-electron chi connectivity index (χ3n) is 4.24. The maximum atomic E-state index is 12.6. The molecule has 0 heterocycles. The van der Waals surface area contributed by atoms with Crippen molar-refractivity contribution in [2.45, 2.75) is 0 Å². The standard InChI is InChI=1S/C23H22N2O5/c1-29-18-10-12-19(13-11-18)30-21-5-3-2-4-20(21)23(28)25-15-14-24-22(27)16-6-8-17(26)9-7-16/h2-13,26H,14-15H2,1H3,(H,24,27)(H,25,28). The van der Waals surface area contributed by atoms with Crippen LogP contribution in [0.15, 0.2) is 72.8 Å². The smallest absolute Gasteiger partial charge is 0.255 e. The molecule has 3 aromatic rings. The molecule has 30 heavy (non-hydrogen) atoms. The number of para-hydroxylation sites is 1. The lowest BCUT2D eigenvalue weighted by molar-refractivity contribution is 0.0926. The molecule has 3 rings (SSSR count). The summed E-state index contributed by atoms with van der Waals surface area (Å²) in [4.78, 5) is 24.6. The number of amides is 2. The Morgan fingerprint density at radius 2 is 1.40 bits per heavy atom. The Morgan fingerprint density at radius 1 is 0.800 bits per heavy atom. The zero-order chi connectivity index (χ0) is 21.3. The van der Waals surface area contributed by atoms with Crippen LogP contribution in [-0.4, -0.2) is 37.1 Å². The fraction of sp³-hybridized carbons (Fsp3) is 0.130. The number of aromatic hydroxyl groups is 1. The quantitative estimate of drug-likeness (QED) is 0.499. The van der Waals surface area contributed by atoms with E-state index in [0.717, 1.165) is 0 Å². The van der Waals surface area contributed by atoms with Crippen LogP contribution in [0.2, 0.25) is 0 Å². The predicted molar refractivity (Wildman–Crippen MR) is 112 cm³/mol. The number of carbonyl (C=O) groups is 2. The number of hydrogen-bond donors (Lipinski definition) is 3. The number of hydrogen-bond acceptors (Lipinski definition) is 5. The van der Waals surface area contributed by atoms with Crippen LogP contribution in [0.3, 0.4) is 0 Å². The number of carbonyl (C=O) groups excluding carboxylic acids is 2. The summed E-state index contributed by atoms with van der Waals surface area (Å²) in [5, 5.41) is 14.7. The van der Waals surface area contributed by atoms with Gasteiger partial charge in [-0.1, -0.05) is 12.1 Å². The van der Waals surface area contributed by atoms with Crippen LogP contribution in [0.25, 0.3) is 0 Å². The van der Waals surface area contributed by atoms with Gasteiger partial charge < -0.3 is 25.2 Å². The fourth-order valence-electron chi connectivity index (χ4n) is 2.68. The van der Waals surface area contributed by atoms with E-state index < -0.39 is 0 Å². The van der Waals surface area contributed by atoms with Gasteiger partial charge in [0, 0.05) is 18.7 Å². The fourth-order valence-corrected chi connectivity index (χ4v) is 2.68. The van der Waals surface area contributed by atoms with E-state index in [1.54, 1.807) is 55.6 Å². The van der Waals surface area contributed by atoms with E-state index in [0.29, 0.717) is 28.4 Å². The number of phenols is 1. The van der Waals surface area contributed by atoms with E-state index >= 15 is 0 Å². The lowest BCUT2D eigenvalue weighted by Gasteiger charge is -2.12. The van der Waals surface area contributed by atoms with Crippen LogP contribution in [0.5, 0.6) is 23.0 Å². The first-order chi connectivity index (χ1) is 14.6. The molecule has 2 amide bonds. The highest BCUT2D eigenvalue weighted by molar-refractivity contribution is 5.97. The van der Waals surface area contributed by atoms with Gasteiger partial charge in [-0.15, -0.1) is 0 Å². The molecule has 3 aromatic carbocycles. The number of rotatable bonds is 8. The molecule has 0 fully saturated rings. The topological polar surface area (TPSA) is 96.9 Å². The third-order valence-corrected chi connectivity index (χ3v) is 4.24. The largest absolute Gasteiger partial charge is 0.508 e. The minimum Gasteiger partial charge on any atom is -0.508 e. The van der Waals surface area contributed by atoms with Gasteiger partial charge in [0.1, 0.15) is 23.0 Å². The van der Waals surface area contributed by atoms with E-state index in [1.165, 1.54) is 24.3 Å². The molecule has 0 saturated carbocycles. The zero-order valence-corrected chi connectivity index (χ0v) is 16.4. The molecule has 3 N–H and O–H groups in total. The molecule has 7 nitrogen and oxygen atoms in total. The first-order valence-corrected chi connectivity index (χ1v) is 9.33. The molecule has 154 valence electrons. The van der Waals surface area contributed by atoms with E-state index in [-0.39, 0.29) is 30.7 Å². The molecule has 0 atom stereocenters. The highest BCUT2D eigenvalue weighted by Gasteiger charge is 2.13. The van der Waals surface area contributed by atoms with Gasteiger partial charge in [-0.2, -0.15) is 0 Å². The van der Waals surface area contributed by atoms with Crippen molar-refractivity contribution >= 4 is 11.8 Å². The Morgan fingerprint density at radius 3 is 2.07 bits per heavy atom. The van der Waals surface area contributed by atoms with Crippen LogP contribution in [-0.2, 0) is 0 Å². The second kappa shape index (κ2) is 9.97. The summed E-state index contributed by atoms with van der Waals surface area (Å²) < 4.78 is 11.0. The van der Waals surface area contributed by atoms with Gasteiger partial charge in [-0.25, -0.2) is 0 Å². The number of benzene rings is 3. The van der Waals surface area contributed by atoms with Crippen molar-refractivity contribution in [1.29, 1.82) is 0 Å². The Bertz CT molecular complexity index is 1000. The molecule has 0 aliphatic carbocycles. The Labute approximate surface area is 174 Å². The summed E-state index contributed by atoms with van der Waals surface area (Å²) in [6.45, 7) is 0.506.